The van der Waals surface area contributed by atoms with Crippen LogP contribution in [-0.4, -0.2) is 38.3 Å². The summed E-state index contributed by atoms with van der Waals surface area (Å²) in [5, 5.41) is 3.53. The van der Waals surface area contributed by atoms with E-state index in [-0.39, 0.29) is 10.1 Å². The number of nitrogens with zero attached hydrogens (tertiary/aromatic N) is 1. The van der Waals surface area contributed by atoms with Crippen molar-refractivity contribution in [3.8, 4) is 0 Å². The average molecular weight is 427 g/mol. The lowest BCUT2D eigenvalue weighted by Gasteiger charge is -2.18. The van der Waals surface area contributed by atoms with Crippen molar-refractivity contribution in [1.29, 1.82) is 0 Å². The summed E-state index contributed by atoms with van der Waals surface area (Å²) >= 11 is 6.90. The molecule has 27 heavy (non-hydrogen) atoms. The molecule has 0 bridgehead atoms. The second-order valence-electron chi connectivity index (χ2n) is 6.57. The van der Waals surface area contributed by atoms with Crippen LogP contribution in [-0.2, 0) is 16.4 Å². The van der Waals surface area contributed by atoms with Crippen molar-refractivity contribution < 1.29 is 13.2 Å². The summed E-state index contributed by atoms with van der Waals surface area (Å²) in [5.74, 6) is -0.244. The van der Waals surface area contributed by atoms with Gasteiger partial charge in [0.15, 0.2) is 0 Å². The maximum absolute atomic E-state index is 12.8. The van der Waals surface area contributed by atoms with Crippen LogP contribution in [0.15, 0.2) is 40.6 Å². The Morgan fingerprint density at radius 3 is 2.37 bits per heavy atom. The molecule has 0 radical (unpaired) electrons. The van der Waals surface area contributed by atoms with E-state index in [1.54, 1.807) is 16.4 Å². The van der Waals surface area contributed by atoms with Crippen molar-refractivity contribution in [3.63, 3.8) is 0 Å². The summed E-state index contributed by atoms with van der Waals surface area (Å²) in [7, 11) is -3.51. The first-order valence-electron chi connectivity index (χ1n) is 9.09. The Kier molecular flexibility index (Phi) is 6.92. The standard InChI is InChI=1S/C19H23ClN2O3S2/c20-16-7-5-15(6-8-16)11-12-21-19(23)17-9-10-18(26-17)27(24,25)22-13-3-1-2-4-14-22/h5-10H,1-4,11-14H2,(H,21,23). The van der Waals surface area contributed by atoms with Crippen LogP contribution in [0.25, 0.3) is 0 Å². The number of rotatable bonds is 6. The predicted molar refractivity (Wildman–Crippen MR) is 109 cm³/mol. The number of halogens is 1. The van der Waals surface area contributed by atoms with E-state index < -0.39 is 10.0 Å². The maximum Gasteiger partial charge on any atom is 0.261 e. The smallest absolute Gasteiger partial charge is 0.261 e. The lowest BCUT2D eigenvalue weighted by atomic mass is 10.1. The van der Waals surface area contributed by atoms with E-state index in [1.807, 2.05) is 24.3 Å². The summed E-state index contributed by atoms with van der Waals surface area (Å²) < 4.78 is 27.4. The summed E-state index contributed by atoms with van der Waals surface area (Å²) in [6.45, 7) is 1.60. The molecule has 2 aromatic rings. The zero-order valence-electron chi connectivity index (χ0n) is 15.0. The third kappa shape index (κ3) is 5.31. The third-order valence-electron chi connectivity index (χ3n) is 4.58. The summed E-state index contributed by atoms with van der Waals surface area (Å²) in [6.07, 6.45) is 4.61. The van der Waals surface area contributed by atoms with Crippen LogP contribution < -0.4 is 5.32 Å². The Labute approximate surface area is 169 Å². The van der Waals surface area contributed by atoms with Gasteiger partial charge in [-0.1, -0.05) is 36.6 Å². The van der Waals surface area contributed by atoms with Gasteiger partial charge in [0.25, 0.3) is 15.9 Å². The van der Waals surface area contributed by atoms with Gasteiger partial charge in [-0.2, -0.15) is 4.31 Å². The van der Waals surface area contributed by atoms with Gasteiger partial charge in [-0.25, -0.2) is 8.42 Å². The summed E-state index contributed by atoms with van der Waals surface area (Å²) in [6, 6.07) is 10.6. The molecule has 1 saturated heterocycles. The Morgan fingerprint density at radius 1 is 1.04 bits per heavy atom. The van der Waals surface area contributed by atoms with Crippen LogP contribution in [0.4, 0.5) is 0 Å². The lowest BCUT2D eigenvalue weighted by molar-refractivity contribution is 0.0958. The molecule has 1 aromatic heterocycles. The number of carbonyl (C=O) groups excluding carboxylic acids is 1. The van der Waals surface area contributed by atoms with Crippen molar-refractivity contribution in [3.05, 3.63) is 51.9 Å². The predicted octanol–water partition coefficient (Wildman–Crippen LogP) is 3.94. The molecule has 1 aliphatic heterocycles. The van der Waals surface area contributed by atoms with E-state index in [0.717, 1.165) is 42.6 Å². The van der Waals surface area contributed by atoms with E-state index in [0.29, 0.717) is 36.0 Å². The van der Waals surface area contributed by atoms with Crippen molar-refractivity contribution in [2.24, 2.45) is 0 Å². The van der Waals surface area contributed by atoms with Gasteiger partial charge in [0.2, 0.25) is 0 Å². The molecule has 0 unspecified atom stereocenters. The van der Waals surface area contributed by atoms with E-state index in [1.165, 1.54) is 0 Å². The SMILES string of the molecule is O=C(NCCc1ccc(Cl)cc1)c1ccc(S(=O)(=O)N2CCCCCC2)s1. The zero-order valence-corrected chi connectivity index (χ0v) is 17.4. The molecule has 1 aromatic carbocycles. The van der Waals surface area contributed by atoms with Crippen molar-refractivity contribution in [2.45, 2.75) is 36.3 Å². The van der Waals surface area contributed by atoms with Gasteiger partial charge in [0.05, 0.1) is 4.88 Å². The fourth-order valence-electron chi connectivity index (χ4n) is 3.05. The van der Waals surface area contributed by atoms with Crippen LogP contribution in [0.5, 0.6) is 0 Å². The van der Waals surface area contributed by atoms with Crippen molar-refractivity contribution >= 4 is 38.9 Å². The fraction of sp³-hybridized carbons (Fsp3) is 0.421. The Balaban J connectivity index is 1.58. The number of carbonyl (C=O) groups is 1. The molecule has 2 heterocycles. The number of hydrogen-bond donors (Lipinski definition) is 1. The second-order valence-corrected chi connectivity index (χ2v) is 10.3. The molecule has 1 N–H and O–H groups in total. The monoisotopic (exact) mass is 426 g/mol. The van der Waals surface area contributed by atoms with Gasteiger partial charge in [-0.15, -0.1) is 11.3 Å². The molecule has 0 aliphatic carbocycles. The Hall–Kier alpha value is -1.41. The van der Waals surface area contributed by atoms with Crippen LogP contribution in [0.3, 0.4) is 0 Å². The summed E-state index contributed by atoms with van der Waals surface area (Å²) in [4.78, 5) is 12.7. The summed E-state index contributed by atoms with van der Waals surface area (Å²) in [5.41, 5.74) is 1.08. The average Bonchev–Trinajstić information content (AvgIpc) is 3.00. The number of benzene rings is 1. The Morgan fingerprint density at radius 2 is 1.70 bits per heavy atom. The largest absolute Gasteiger partial charge is 0.351 e. The van der Waals surface area contributed by atoms with E-state index in [2.05, 4.69) is 5.32 Å². The number of hydrogen-bond acceptors (Lipinski definition) is 4. The van der Waals surface area contributed by atoms with E-state index in [4.69, 9.17) is 11.6 Å². The molecule has 0 saturated carbocycles. The van der Waals surface area contributed by atoms with Gasteiger partial charge in [0, 0.05) is 24.7 Å². The molecule has 0 atom stereocenters. The van der Waals surface area contributed by atoms with Crippen LogP contribution in [0, 0.1) is 0 Å². The second kappa shape index (κ2) is 9.19. The first kappa shape index (κ1) is 20.3. The maximum atomic E-state index is 12.8. The highest BCUT2D eigenvalue weighted by molar-refractivity contribution is 7.91. The number of thiophene rings is 1. The molecular weight excluding hydrogens is 404 g/mol. The number of amides is 1. The van der Waals surface area contributed by atoms with Gasteiger partial charge in [-0.3, -0.25) is 4.79 Å². The highest BCUT2D eigenvalue weighted by Crippen LogP contribution is 2.26. The first-order chi connectivity index (χ1) is 13.0. The lowest BCUT2D eigenvalue weighted by Crippen LogP contribution is -2.31. The van der Waals surface area contributed by atoms with Crippen molar-refractivity contribution in [2.75, 3.05) is 19.6 Å². The van der Waals surface area contributed by atoms with Gasteiger partial charge in [-0.05, 0) is 49.1 Å². The minimum absolute atomic E-state index is 0.243. The fourth-order valence-corrected chi connectivity index (χ4v) is 6.07. The van der Waals surface area contributed by atoms with Crippen molar-refractivity contribution in [1.82, 2.24) is 9.62 Å². The normalized spacial score (nSPS) is 16.0. The highest BCUT2D eigenvalue weighted by atomic mass is 35.5. The molecular formula is C19H23ClN2O3S2. The third-order valence-corrected chi connectivity index (χ3v) is 8.28. The molecule has 146 valence electrons. The molecule has 1 fully saturated rings. The number of nitrogens with one attached hydrogen (secondary N) is 1. The van der Waals surface area contributed by atoms with E-state index >= 15 is 0 Å². The van der Waals surface area contributed by atoms with E-state index in [9.17, 15) is 13.2 Å². The highest BCUT2D eigenvalue weighted by Gasteiger charge is 2.27. The molecule has 0 spiro atoms. The van der Waals surface area contributed by atoms with Crippen LogP contribution >= 0.6 is 22.9 Å². The molecule has 5 nitrogen and oxygen atoms in total. The van der Waals surface area contributed by atoms with Gasteiger partial charge in [0.1, 0.15) is 4.21 Å². The van der Waals surface area contributed by atoms with Gasteiger partial charge < -0.3 is 5.32 Å². The zero-order chi connectivity index (χ0) is 19.3. The number of sulfonamides is 1. The molecule has 3 rings (SSSR count). The molecule has 1 amide bonds. The van der Waals surface area contributed by atoms with Gasteiger partial charge >= 0.3 is 0 Å². The minimum Gasteiger partial charge on any atom is -0.351 e. The quantitative estimate of drug-likeness (QED) is 0.760. The molecule has 1 aliphatic rings. The topological polar surface area (TPSA) is 66.5 Å². The molecule has 8 heteroatoms. The minimum atomic E-state index is -3.51. The Bertz CT molecular complexity index is 871. The first-order valence-corrected chi connectivity index (χ1v) is 11.7. The van der Waals surface area contributed by atoms with Crippen LogP contribution in [0.2, 0.25) is 5.02 Å². The van der Waals surface area contributed by atoms with Crippen LogP contribution in [0.1, 0.15) is 40.9 Å².